The SMILES string of the molecule is CCN(CC)CCNCc1cccnc1C. The zero-order valence-electron chi connectivity index (χ0n) is 10.7. The molecule has 16 heavy (non-hydrogen) atoms. The van der Waals surface area contributed by atoms with Crippen LogP contribution in [0.4, 0.5) is 0 Å². The Hall–Kier alpha value is -0.930. The summed E-state index contributed by atoms with van der Waals surface area (Å²) in [5.74, 6) is 0. The second kappa shape index (κ2) is 7.36. The highest BCUT2D eigenvalue weighted by atomic mass is 15.1. The van der Waals surface area contributed by atoms with E-state index in [4.69, 9.17) is 0 Å². The van der Waals surface area contributed by atoms with Crippen LogP contribution in [0.1, 0.15) is 25.1 Å². The van der Waals surface area contributed by atoms with Gasteiger partial charge in [0.05, 0.1) is 0 Å². The minimum absolute atomic E-state index is 0.918. The van der Waals surface area contributed by atoms with Crippen LogP contribution in [0.15, 0.2) is 18.3 Å². The highest BCUT2D eigenvalue weighted by Crippen LogP contribution is 2.02. The number of likely N-dealkylation sites (N-methyl/N-ethyl adjacent to an activating group) is 1. The summed E-state index contributed by atoms with van der Waals surface area (Å²) in [5.41, 5.74) is 2.42. The standard InChI is InChI=1S/C13H23N3/c1-4-16(5-2)10-9-14-11-13-7-6-8-15-12(13)3/h6-8,14H,4-5,9-11H2,1-3H3. The fraction of sp³-hybridized carbons (Fsp3) is 0.615. The Labute approximate surface area is 98.9 Å². The van der Waals surface area contributed by atoms with Crippen molar-refractivity contribution in [3.05, 3.63) is 29.6 Å². The second-order valence-corrected chi connectivity index (χ2v) is 3.95. The average molecular weight is 221 g/mol. The van der Waals surface area contributed by atoms with E-state index in [1.807, 2.05) is 12.3 Å². The Kier molecular flexibility index (Phi) is 6.04. The molecule has 1 aromatic heterocycles. The van der Waals surface area contributed by atoms with E-state index in [1.165, 1.54) is 5.56 Å². The predicted octanol–water partition coefficient (Wildman–Crippen LogP) is 1.82. The molecule has 0 aliphatic carbocycles. The van der Waals surface area contributed by atoms with Crippen LogP contribution in [-0.2, 0) is 6.54 Å². The molecule has 90 valence electrons. The van der Waals surface area contributed by atoms with Gasteiger partial charge in [-0.25, -0.2) is 0 Å². The van der Waals surface area contributed by atoms with E-state index in [9.17, 15) is 0 Å². The van der Waals surface area contributed by atoms with Crippen molar-refractivity contribution >= 4 is 0 Å². The Balaban J connectivity index is 2.23. The summed E-state index contributed by atoms with van der Waals surface area (Å²) in [6, 6.07) is 4.13. The van der Waals surface area contributed by atoms with E-state index >= 15 is 0 Å². The van der Waals surface area contributed by atoms with Crippen molar-refractivity contribution in [1.82, 2.24) is 15.2 Å². The zero-order valence-corrected chi connectivity index (χ0v) is 10.7. The zero-order chi connectivity index (χ0) is 11.8. The fourth-order valence-corrected chi connectivity index (χ4v) is 1.70. The summed E-state index contributed by atoms with van der Waals surface area (Å²) in [6.07, 6.45) is 1.84. The molecule has 0 aromatic carbocycles. The monoisotopic (exact) mass is 221 g/mol. The maximum absolute atomic E-state index is 4.27. The van der Waals surface area contributed by atoms with Crippen LogP contribution in [0.3, 0.4) is 0 Å². The number of hydrogen-bond acceptors (Lipinski definition) is 3. The Bertz CT molecular complexity index is 295. The molecule has 0 aliphatic heterocycles. The minimum atomic E-state index is 0.918. The van der Waals surface area contributed by atoms with Gasteiger partial charge in [-0.2, -0.15) is 0 Å². The lowest BCUT2D eigenvalue weighted by molar-refractivity contribution is 0.302. The second-order valence-electron chi connectivity index (χ2n) is 3.95. The van der Waals surface area contributed by atoms with Crippen molar-refractivity contribution in [2.24, 2.45) is 0 Å². The molecule has 3 nitrogen and oxygen atoms in total. The number of nitrogens with one attached hydrogen (secondary N) is 1. The summed E-state index contributed by atoms with van der Waals surface area (Å²) in [7, 11) is 0. The topological polar surface area (TPSA) is 28.2 Å². The van der Waals surface area contributed by atoms with Gasteiger partial charge in [0, 0.05) is 31.5 Å². The van der Waals surface area contributed by atoms with Gasteiger partial charge in [-0.15, -0.1) is 0 Å². The molecule has 0 amide bonds. The third-order valence-corrected chi connectivity index (χ3v) is 2.93. The van der Waals surface area contributed by atoms with Crippen LogP contribution in [0.5, 0.6) is 0 Å². The molecule has 0 atom stereocenters. The number of rotatable bonds is 7. The smallest absolute Gasteiger partial charge is 0.0417 e. The molecule has 0 unspecified atom stereocenters. The lowest BCUT2D eigenvalue weighted by Crippen LogP contribution is -2.31. The largest absolute Gasteiger partial charge is 0.311 e. The van der Waals surface area contributed by atoms with Gasteiger partial charge in [-0.3, -0.25) is 4.98 Å². The maximum Gasteiger partial charge on any atom is 0.0417 e. The van der Waals surface area contributed by atoms with Crippen LogP contribution in [0.25, 0.3) is 0 Å². The molecule has 1 N–H and O–H groups in total. The van der Waals surface area contributed by atoms with Crippen molar-refractivity contribution in [2.75, 3.05) is 26.2 Å². The highest BCUT2D eigenvalue weighted by Gasteiger charge is 1.99. The van der Waals surface area contributed by atoms with E-state index < -0.39 is 0 Å². The Morgan fingerprint density at radius 3 is 2.69 bits per heavy atom. The molecular weight excluding hydrogens is 198 g/mol. The minimum Gasteiger partial charge on any atom is -0.311 e. The lowest BCUT2D eigenvalue weighted by atomic mass is 10.2. The van der Waals surface area contributed by atoms with E-state index in [2.05, 4.69) is 42.0 Å². The summed E-state index contributed by atoms with van der Waals surface area (Å²) < 4.78 is 0. The summed E-state index contributed by atoms with van der Waals surface area (Å²) in [4.78, 5) is 6.69. The Morgan fingerprint density at radius 2 is 2.06 bits per heavy atom. The van der Waals surface area contributed by atoms with Crippen molar-refractivity contribution in [3.63, 3.8) is 0 Å². The lowest BCUT2D eigenvalue weighted by Gasteiger charge is -2.18. The van der Waals surface area contributed by atoms with E-state index in [0.717, 1.165) is 38.4 Å². The van der Waals surface area contributed by atoms with Gasteiger partial charge >= 0.3 is 0 Å². The van der Waals surface area contributed by atoms with Gasteiger partial charge in [0.1, 0.15) is 0 Å². The van der Waals surface area contributed by atoms with Gasteiger partial charge in [0.25, 0.3) is 0 Å². The first-order valence-corrected chi connectivity index (χ1v) is 6.11. The quantitative estimate of drug-likeness (QED) is 0.712. The molecule has 0 bridgehead atoms. The summed E-state index contributed by atoms with van der Waals surface area (Å²) in [5, 5.41) is 3.46. The molecule has 0 spiro atoms. The van der Waals surface area contributed by atoms with Crippen LogP contribution in [0.2, 0.25) is 0 Å². The van der Waals surface area contributed by atoms with Crippen LogP contribution in [-0.4, -0.2) is 36.1 Å². The summed E-state index contributed by atoms with van der Waals surface area (Å²) in [6.45, 7) is 11.8. The molecular formula is C13H23N3. The first kappa shape index (κ1) is 13.1. The number of nitrogens with zero attached hydrogens (tertiary/aromatic N) is 2. The van der Waals surface area contributed by atoms with Crippen LogP contribution < -0.4 is 5.32 Å². The van der Waals surface area contributed by atoms with E-state index in [0.29, 0.717) is 0 Å². The molecule has 1 rings (SSSR count). The van der Waals surface area contributed by atoms with E-state index in [1.54, 1.807) is 0 Å². The van der Waals surface area contributed by atoms with E-state index in [-0.39, 0.29) is 0 Å². The normalized spacial score (nSPS) is 11.0. The molecule has 0 aliphatic rings. The van der Waals surface area contributed by atoms with Crippen molar-refractivity contribution in [1.29, 1.82) is 0 Å². The number of pyridine rings is 1. The third kappa shape index (κ3) is 4.29. The molecule has 1 heterocycles. The predicted molar refractivity (Wildman–Crippen MR) is 68.5 cm³/mol. The van der Waals surface area contributed by atoms with Gasteiger partial charge in [0.15, 0.2) is 0 Å². The first-order valence-electron chi connectivity index (χ1n) is 6.11. The van der Waals surface area contributed by atoms with Crippen molar-refractivity contribution < 1.29 is 0 Å². The average Bonchev–Trinajstić information content (AvgIpc) is 2.31. The van der Waals surface area contributed by atoms with Crippen molar-refractivity contribution in [3.8, 4) is 0 Å². The Morgan fingerprint density at radius 1 is 1.31 bits per heavy atom. The number of aryl methyl sites for hydroxylation is 1. The van der Waals surface area contributed by atoms with Gasteiger partial charge in [-0.05, 0) is 31.6 Å². The van der Waals surface area contributed by atoms with Crippen LogP contribution in [0, 0.1) is 6.92 Å². The molecule has 3 heteroatoms. The highest BCUT2D eigenvalue weighted by molar-refractivity contribution is 5.17. The molecule has 0 radical (unpaired) electrons. The van der Waals surface area contributed by atoms with Crippen molar-refractivity contribution in [2.45, 2.75) is 27.3 Å². The molecule has 0 saturated heterocycles. The molecule has 0 saturated carbocycles. The maximum atomic E-state index is 4.27. The van der Waals surface area contributed by atoms with Crippen LogP contribution >= 0.6 is 0 Å². The molecule has 0 fully saturated rings. The van der Waals surface area contributed by atoms with Gasteiger partial charge in [0.2, 0.25) is 0 Å². The third-order valence-electron chi connectivity index (χ3n) is 2.93. The number of aromatic nitrogens is 1. The fourth-order valence-electron chi connectivity index (χ4n) is 1.70. The first-order chi connectivity index (χ1) is 7.77. The molecule has 1 aromatic rings. The summed E-state index contributed by atoms with van der Waals surface area (Å²) >= 11 is 0. The van der Waals surface area contributed by atoms with Gasteiger partial charge < -0.3 is 10.2 Å². The number of hydrogen-bond donors (Lipinski definition) is 1. The van der Waals surface area contributed by atoms with Gasteiger partial charge in [-0.1, -0.05) is 19.9 Å².